The van der Waals surface area contributed by atoms with Crippen LogP contribution in [0.5, 0.6) is 0 Å². The number of aliphatic hydroxyl groups excluding tert-OH is 1. The fourth-order valence-corrected chi connectivity index (χ4v) is 9.72. The predicted molar refractivity (Wildman–Crippen MR) is 255 cm³/mol. The number of hydrogen-bond acceptors (Lipinski definition) is 11. The molecule has 2 fully saturated rings. The number of aliphatic imine (C=N–C) groups is 1. The summed E-state index contributed by atoms with van der Waals surface area (Å²) in [6, 6.07) is 0. The third-order valence-electron chi connectivity index (χ3n) is 8.96. The van der Waals surface area contributed by atoms with Crippen molar-refractivity contribution in [2.75, 3.05) is 68.8 Å². The first-order valence-electron chi connectivity index (χ1n) is 20.2. The standard InChI is InChI=1S/C19H37N3S2.C10H20N2O2.C8H18N2S2.CH4S.CH4.H2O/c1-16-11-12-18(16)24-15-13-22-19(21)10-6-4-3-5-8-17(20)9-7-14-23-2;1-14-10(12)7-5-3-2-4-6-9(11)8-13;9-3-5-11-7-1-2-8(7)12-6-4-10;1-2;;/h16,18,20H,3-15H2,1-2H3,(H2,21,22);11-13H,2-8H2,1H3;7-8H,1-6,9-10H2;2H,1H3;1H4;1H2/p+2/i;;;1D;;. The molecular weight excluding hydrogens is 775 g/mol. The first-order chi connectivity index (χ1) is 25.6. The molecule has 0 heterocycles. The number of nitrogens with zero attached hydrogens (tertiary/aromatic N) is 1. The van der Waals surface area contributed by atoms with Gasteiger partial charge in [0.1, 0.15) is 5.71 Å². The minimum Gasteiger partial charge on any atom is -0.451 e. The molecule has 0 aromatic heterocycles. The lowest BCUT2D eigenvalue weighted by molar-refractivity contribution is -0.140. The maximum atomic E-state index is 8.58. The Hall–Kier alpha value is -0.130. The van der Waals surface area contributed by atoms with Gasteiger partial charge in [0, 0.05) is 79.0 Å². The Kier molecular flexibility index (Phi) is 49.1. The van der Waals surface area contributed by atoms with Gasteiger partial charge in [0.15, 0.2) is 0 Å². The van der Waals surface area contributed by atoms with Crippen LogP contribution in [-0.2, 0) is 4.74 Å². The van der Waals surface area contributed by atoms with Crippen LogP contribution in [0.15, 0.2) is 4.99 Å². The van der Waals surface area contributed by atoms with Crippen LogP contribution < -0.4 is 28.0 Å². The van der Waals surface area contributed by atoms with Gasteiger partial charge in [0.05, 0.1) is 26.0 Å². The van der Waals surface area contributed by atoms with Gasteiger partial charge in [-0.2, -0.15) is 59.7 Å². The molecule has 0 aliphatic heterocycles. The topological polar surface area (TPSA) is 226 Å². The lowest BCUT2D eigenvalue weighted by Crippen LogP contribution is -2.40. The molecule has 4 unspecified atom stereocenters. The summed E-state index contributed by atoms with van der Waals surface area (Å²) < 4.78 is 10.9. The van der Waals surface area contributed by atoms with Crippen LogP contribution in [0.4, 0.5) is 0 Å². The predicted octanol–water partition coefficient (Wildman–Crippen LogP) is 4.96. The molecule has 324 valence electrons. The number of methoxy groups -OCH3 is 1. The summed E-state index contributed by atoms with van der Waals surface area (Å²) in [7, 11) is 1.58. The lowest BCUT2D eigenvalue weighted by Gasteiger charge is -2.35. The third kappa shape index (κ3) is 37.4. The molecule has 0 amide bonds. The Bertz CT molecular complexity index is 882. The Morgan fingerprint density at radius 2 is 1.30 bits per heavy atom. The van der Waals surface area contributed by atoms with Crippen LogP contribution in [-0.4, -0.2) is 118 Å². The molecule has 2 aliphatic carbocycles. The molecule has 0 saturated heterocycles. The zero-order chi connectivity index (χ0) is 40.0. The van der Waals surface area contributed by atoms with Crippen molar-refractivity contribution in [3.8, 4) is 0 Å². The van der Waals surface area contributed by atoms with Gasteiger partial charge in [-0.15, -0.1) is 0 Å². The number of ether oxygens (including phenoxy) is 1. The molecule has 0 radical (unpaired) electrons. The molecule has 2 rings (SSSR count). The van der Waals surface area contributed by atoms with Gasteiger partial charge in [0.2, 0.25) is 0 Å². The molecule has 4 atom stereocenters. The smallest absolute Gasteiger partial charge is 0.332 e. The number of rotatable bonds is 29. The number of thioether (sulfide) groups is 4. The van der Waals surface area contributed by atoms with E-state index in [4.69, 9.17) is 44.6 Å². The molecule has 0 spiro atoms. The molecule has 2 saturated carbocycles. The second-order valence-corrected chi connectivity index (χ2v) is 18.4. The zero-order valence-electron chi connectivity index (χ0n) is 34.7. The summed E-state index contributed by atoms with van der Waals surface area (Å²) in [5, 5.41) is 30.0. The highest BCUT2D eigenvalue weighted by Crippen LogP contribution is 2.39. The van der Waals surface area contributed by atoms with Crippen molar-refractivity contribution in [2.24, 2.45) is 28.1 Å². The third-order valence-corrected chi connectivity index (χ3v) is 14.3. The lowest BCUT2D eigenvalue weighted by atomic mass is 9.87. The van der Waals surface area contributed by atoms with Crippen LogP contribution in [0.3, 0.4) is 0 Å². The van der Waals surface area contributed by atoms with E-state index in [1.54, 1.807) is 7.11 Å². The highest BCUT2D eigenvalue weighted by Gasteiger charge is 2.30. The second-order valence-electron chi connectivity index (χ2n) is 13.3. The van der Waals surface area contributed by atoms with Crippen molar-refractivity contribution in [2.45, 2.75) is 146 Å². The Morgan fingerprint density at radius 1 is 0.815 bits per heavy atom. The number of thiol groups is 1. The summed E-state index contributed by atoms with van der Waals surface area (Å²) in [5.41, 5.74) is 18.5. The molecule has 2 aliphatic rings. The maximum absolute atomic E-state index is 8.58. The molecular formula is C39H87N7O3S5+2. The molecule has 0 aromatic rings. The summed E-state index contributed by atoms with van der Waals surface area (Å²) >= 11 is 11.5. The minimum atomic E-state index is -0.107. The van der Waals surface area contributed by atoms with Crippen molar-refractivity contribution in [1.29, 1.82) is 5.41 Å². The quantitative estimate of drug-likeness (QED) is 0.0220. The van der Waals surface area contributed by atoms with E-state index in [0.29, 0.717) is 18.0 Å². The normalized spacial score (nSPS) is 18.5. The largest absolute Gasteiger partial charge is 0.451 e. The molecule has 0 bridgehead atoms. The minimum absolute atomic E-state index is 0. The molecule has 15 heteroatoms. The van der Waals surface area contributed by atoms with Crippen molar-refractivity contribution >= 4 is 82.8 Å². The van der Waals surface area contributed by atoms with Crippen LogP contribution in [0.2, 0.25) is 0 Å². The van der Waals surface area contributed by atoms with Gasteiger partial charge < -0.3 is 37.9 Å². The van der Waals surface area contributed by atoms with Crippen LogP contribution in [0, 0.1) is 11.3 Å². The monoisotopic (exact) mass is 863 g/mol. The highest BCUT2D eigenvalue weighted by atomic mass is 32.2. The summed E-state index contributed by atoms with van der Waals surface area (Å²) in [4.78, 5) is 4.51. The van der Waals surface area contributed by atoms with Crippen molar-refractivity contribution < 1.29 is 27.5 Å². The average molecular weight is 864 g/mol. The first kappa shape index (κ1) is 58.2. The fraction of sp³-hybridized carbons (Fsp3) is 0.897. The van der Waals surface area contributed by atoms with Gasteiger partial charge in [-0.05, 0) is 88.4 Å². The molecule has 54 heavy (non-hydrogen) atoms. The fourth-order valence-electron chi connectivity index (χ4n) is 5.37. The number of unbranched alkanes of at least 4 members (excludes halogenated alkanes) is 6. The number of hydrogen-bond donors (Lipinski definition) is 8. The van der Waals surface area contributed by atoms with Gasteiger partial charge in [-0.25, -0.2) is 5.41 Å². The van der Waals surface area contributed by atoms with Gasteiger partial charge >= 0.3 is 5.90 Å². The summed E-state index contributed by atoms with van der Waals surface area (Å²) in [5.74, 6) is 6.93. The van der Waals surface area contributed by atoms with Gasteiger partial charge in [-0.3, -0.25) is 10.4 Å². The van der Waals surface area contributed by atoms with Crippen LogP contribution in [0.1, 0.15) is 131 Å². The highest BCUT2D eigenvalue weighted by molar-refractivity contribution is 8.04. The van der Waals surface area contributed by atoms with E-state index < -0.39 is 0 Å². The Balaban J connectivity index is -0.000000359. The van der Waals surface area contributed by atoms with Crippen molar-refractivity contribution in [3.63, 3.8) is 0 Å². The van der Waals surface area contributed by atoms with E-state index in [-0.39, 0.29) is 25.7 Å². The number of nitrogens with one attached hydrogen (secondary N) is 1. The van der Waals surface area contributed by atoms with E-state index in [1.807, 2.05) is 35.3 Å². The Morgan fingerprint density at radius 3 is 1.74 bits per heavy atom. The van der Waals surface area contributed by atoms with E-state index in [1.165, 1.54) is 62.8 Å². The Labute approximate surface area is 356 Å². The number of aliphatic hydroxyl groups is 1. The van der Waals surface area contributed by atoms with Gasteiger partial charge in [-0.1, -0.05) is 40.0 Å². The van der Waals surface area contributed by atoms with Crippen LogP contribution >= 0.6 is 59.7 Å². The van der Waals surface area contributed by atoms with E-state index in [2.05, 4.69) is 42.6 Å². The zero-order valence-corrected chi connectivity index (χ0v) is 37.8. The van der Waals surface area contributed by atoms with E-state index >= 15 is 0 Å². The molecule has 0 aromatic carbocycles. The van der Waals surface area contributed by atoms with E-state index in [0.717, 1.165) is 122 Å². The average Bonchev–Trinajstić information content (AvgIpc) is 3.14. The van der Waals surface area contributed by atoms with Crippen molar-refractivity contribution in [3.05, 3.63) is 0 Å². The molecule has 14 N–H and O–H groups in total. The van der Waals surface area contributed by atoms with Crippen molar-refractivity contribution in [1.82, 2.24) is 0 Å². The first-order valence-corrected chi connectivity index (χ1v) is 24.7. The second kappa shape index (κ2) is 45.6. The number of nitrogens with two attached hydrogens (primary N) is 5. The van der Waals surface area contributed by atoms with Crippen LogP contribution in [0.25, 0.3) is 0 Å². The summed E-state index contributed by atoms with van der Waals surface area (Å²) in [6.07, 6.45) is 22.9. The van der Waals surface area contributed by atoms with Gasteiger partial charge in [0.25, 0.3) is 0 Å². The maximum Gasteiger partial charge on any atom is 0.332 e. The summed E-state index contributed by atoms with van der Waals surface area (Å²) in [6.45, 7) is 4.77. The van der Waals surface area contributed by atoms with E-state index in [9.17, 15) is 0 Å². The molecule has 10 nitrogen and oxygen atoms in total. The SMILES string of the molecule is C.COC(=[NH2+])CCCCCCC(=N)CO.CSCCCC(=[NH2+])CCCCCCC(N)=NCCSC1CCC1C.NCCSC1CCC1SCCN.O.[2H]CS. The number of amidine groups is 1.